The standard InChI is InChI=1S/C28H41N3O5/c1-8-9-10-11-18(20-16-23(31-36-7)25(35-6)17-24(20)34-5)15-26(32)30-22-14-19(27(29)33)12-13-21(22)28(2,3)4/h12-14,16-18,24H,8-11,15H2,1-7H3,(H2,29,33)(H,30,32)/b31-23+. The van der Waals surface area contributed by atoms with E-state index in [1.165, 1.54) is 7.11 Å². The first-order chi connectivity index (χ1) is 17.0. The van der Waals surface area contributed by atoms with Crippen LogP contribution >= 0.6 is 0 Å². The Hall–Kier alpha value is -3.13. The number of methoxy groups -OCH3 is 2. The van der Waals surface area contributed by atoms with Crippen molar-refractivity contribution in [3.63, 3.8) is 0 Å². The van der Waals surface area contributed by atoms with Crippen LogP contribution < -0.4 is 11.1 Å². The normalized spacial score (nSPS) is 17.8. The number of primary amides is 1. The summed E-state index contributed by atoms with van der Waals surface area (Å²) in [5.41, 5.74) is 8.64. The van der Waals surface area contributed by atoms with Gasteiger partial charge in [0.05, 0.1) is 7.11 Å². The predicted octanol–water partition coefficient (Wildman–Crippen LogP) is 5.10. The van der Waals surface area contributed by atoms with Crippen LogP contribution in [-0.4, -0.2) is 45.0 Å². The van der Waals surface area contributed by atoms with Gasteiger partial charge in [-0.1, -0.05) is 58.2 Å². The zero-order chi connectivity index (χ0) is 26.9. The smallest absolute Gasteiger partial charge is 0.248 e. The van der Waals surface area contributed by atoms with Crippen LogP contribution in [0.15, 0.2) is 46.8 Å². The Morgan fingerprint density at radius 2 is 1.89 bits per heavy atom. The van der Waals surface area contributed by atoms with Crippen molar-refractivity contribution in [2.24, 2.45) is 16.8 Å². The number of hydrogen-bond acceptors (Lipinski definition) is 6. The molecule has 0 aromatic heterocycles. The number of nitrogens with two attached hydrogens (primary N) is 1. The van der Waals surface area contributed by atoms with Gasteiger partial charge in [-0.15, -0.1) is 0 Å². The molecule has 36 heavy (non-hydrogen) atoms. The SMILES string of the molecule is CCCCCC(CC(=O)Nc1cc(C(N)=O)ccc1C(C)(C)C)C1=C/C(=N\OC)C(OC)=CC1OC. The van der Waals surface area contributed by atoms with Gasteiger partial charge in [-0.05, 0) is 53.2 Å². The Kier molecular flexibility index (Phi) is 10.7. The molecular weight excluding hydrogens is 458 g/mol. The maximum atomic E-state index is 13.4. The molecule has 0 saturated heterocycles. The van der Waals surface area contributed by atoms with Crippen molar-refractivity contribution in [1.82, 2.24) is 0 Å². The number of amides is 2. The maximum absolute atomic E-state index is 13.4. The summed E-state index contributed by atoms with van der Waals surface area (Å²) in [6.07, 6.45) is 7.58. The molecule has 1 aromatic carbocycles. The number of rotatable bonds is 12. The number of oxime groups is 1. The van der Waals surface area contributed by atoms with E-state index in [4.69, 9.17) is 20.0 Å². The number of carbonyl (C=O) groups is 2. The zero-order valence-corrected chi connectivity index (χ0v) is 22.6. The number of benzene rings is 1. The number of allylic oxidation sites excluding steroid dienone is 1. The molecule has 2 rings (SSSR count). The molecule has 0 saturated carbocycles. The fraction of sp³-hybridized carbons (Fsp3) is 0.536. The van der Waals surface area contributed by atoms with E-state index in [0.29, 0.717) is 22.7 Å². The molecule has 0 radical (unpaired) electrons. The fourth-order valence-corrected chi connectivity index (χ4v) is 4.43. The Labute approximate surface area is 214 Å². The number of hydrogen-bond donors (Lipinski definition) is 2. The Balaban J connectivity index is 2.39. The third-order valence-electron chi connectivity index (χ3n) is 6.30. The molecule has 8 nitrogen and oxygen atoms in total. The lowest BCUT2D eigenvalue weighted by Gasteiger charge is -2.29. The summed E-state index contributed by atoms with van der Waals surface area (Å²) >= 11 is 0. The van der Waals surface area contributed by atoms with E-state index in [2.05, 4.69) is 38.2 Å². The van der Waals surface area contributed by atoms with Crippen LogP contribution in [0.2, 0.25) is 0 Å². The van der Waals surface area contributed by atoms with Crippen LogP contribution in [-0.2, 0) is 24.5 Å². The number of ether oxygens (including phenoxy) is 2. The van der Waals surface area contributed by atoms with Crippen molar-refractivity contribution in [1.29, 1.82) is 0 Å². The van der Waals surface area contributed by atoms with Crippen LogP contribution in [0, 0.1) is 5.92 Å². The van der Waals surface area contributed by atoms with Crippen molar-refractivity contribution < 1.29 is 23.9 Å². The molecule has 1 aliphatic carbocycles. The Bertz CT molecular complexity index is 1020. The maximum Gasteiger partial charge on any atom is 0.248 e. The molecule has 2 unspecified atom stereocenters. The largest absolute Gasteiger partial charge is 0.495 e. The fourth-order valence-electron chi connectivity index (χ4n) is 4.43. The lowest BCUT2D eigenvalue weighted by Crippen LogP contribution is -2.28. The van der Waals surface area contributed by atoms with Crippen molar-refractivity contribution >= 4 is 23.2 Å². The minimum Gasteiger partial charge on any atom is -0.495 e. The molecule has 0 bridgehead atoms. The Morgan fingerprint density at radius 3 is 2.44 bits per heavy atom. The van der Waals surface area contributed by atoms with Crippen LogP contribution in [0.3, 0.4) is 0 Å². The number of anilines is 1. The average Bonchev–Trinajstić information content (AvgIpc) is 2.82. The van der Waals surface area contributed by atoms with Gasteiger partial charge in [0.1, 0.15) is 24.7 Å². The van der Waals surface area contributed by atoms with Gasteiger partial charge in [0.2, 0.25) is 11.8 Å². The molecule has 1 aromatic rings. The molecule has 3 N–H and O–H groups in total. The van der Waals surface area contributed by atoms with E-state index in [1.54, 1.807) is 26.4 Å². The monoisotopic (exact) mass is 499 g/mol. The molecule has 2 amide bonds. The summed E-state index contributed by atoms with van der Waals surface area (Å²) in [6.45, 7) is 8.32. The van der Waals surface area contributed by atoms with Crippen LogP contribution in [0.1, 0.15) is 75.7 Å². The molecule has 0 aliphatic heterocycles. The minimum atomic E-state index is -0.538. The second kappa shape index (κ2) is 13.3. The summed E-state index contributed by atoms with van der Waals surface area (Å²) < 4.78 is 11.2. The third-order valence-corrected chi connectivity index (χ3v) is 6.30. The summed E-state index contributed by atoms with van der Waals surface area (Å²) in [5.74, 6) is -0.214. The molecule has 198 valence electrons. The van der Waals surface area contributed by atoms with E-state index < -0.39 is 5.91 Å². The summed E-state index contributed by atoms with van der Waals surface area (Å²) in [4.78, 5) is 30.2. The summed E-state index contributed by atoms with van der Waals surface area (Å²) in [7, 11) is 4.69. The minimum absolute atomic E-state index is 0.0874. The lowest BCUT2D eigenvalue weighted by molar-refractivity contribution is -0.117. The zero-order valence-electron chi connectivity index (χ0n) is 22.6. The van der Waals surface area contributed by atoms with Gasteiger partial charge >= 0.3 is 0 Å². The van der Waals surface area contributed by atoms with Gasteiger partial charge in [-0.2, -0.15) is 0 Å². The highest BCUT2D eigenvalue weighted by molar-refractivity contribution is 6.08. The Morgan fingerprint density at radius 1 is 1.17 bits per heavy atom. The predicted molar refractivity (Wildman–Crippen MR) is 143 cm³/mol. The van der Waals surface area contributed by atoms with Crippen molar-refractivity contribution in [3.8, 4) is 0 Å². The van der Waals surface area contributed by atoms with Crippen LogP contribution in [0.5, 0.6) is 0 Å². The first-order valence-electron chi connectivity index (χ1n) is 12.4. The molecule has 8 heteroatoms. The van der Waals surface area contributed by atoms with Gasteiger partial charge in [0, 0.05) is 24.8 Å². The number of nitrogens with zero attached hydrogens (tertiary/aromatic N) is 1. The molecule has 2 atom stereocenters. The highest BCUT2D eigenvalue weighted by atomic mass is 16.6. The molecule has 0 heterocycles. The van der Waals surface area contributed by atoms with Crippen molar-refractivity contribution in [3.05, 3.63) is 52.8 Å². The van der Waals surface area contributed by atoms with Gasteiger partial charge in [-0.3, -0.25) is 9.59 Å². The molecule has 1 aliphatic rings. The lowest BCUT2D eigenvalue weighted by atomic mass is 9.83. The topological polar surface area (TPSA) is 112 Å². The molecular formula is C28H41N3O5. The number of carbonyl (C=O) groups excluding carboxylic acids is 2. The number of nitrogens with one attached hydrogen (secondary N) is 1. The highest BCUT2D eigenvalue weighted by Gasteiger charge is 2.30. The van der Waals surface area contributed by atoms with E-state index in [9.17, 15) is 9.59 Å². The van der Waals surface area contributed by atoms with E-state index in [-0.39, 0.29) is 29.8 Å². The first-order valence-corrected chi connectivity index (χ1v) is 12.4. The van der Waals surface area contributed by atoms with Crippen molar-refractivity contribution in [2.45, 2.75) is 71.3 Å². The van der Waals surface area contributed by atoms with Gasteiger partial charge in [0.15, 0.2) is 0 Å². The molecule has 0 spiro atoms. The summed E-state index contributed by atoms with van der Waals surface area (Å²) in [5, 5.41) is 7.14. The first kappa shape index (κ1) is 29.1. The number of unbranched alkanes of at least 4 members (excludes halogenated alkanes) is 2. The molecule has 0 fully saturated rings. The third kappa shape index (κ3) is 7.68. The van der Waals surface area contributed by atoms with Gasteiger partial charge in [-0.25, -0.2) is 0 Å². The highest BCUT2D eigenvalue weighted by Crippen LogP contribution is 2.33. The van der Waals surface area contributed by atoms with E-state index in [0.717, 1.165) is 36.8 Å². The van der Waals surface area contributed by atoms with Gasteiger partial charge in [0.25, 0.3) is 0 Å². The summed E-state index contributed by atoms with van der Waals surface area (Å²) in [6, 6.07) is 5.20. The van der Waals surface area contributed by atoms with Gasteiger partial charge < -0.3 is 25.4 Å². The van der Waals surface area contributed by atoms with E-state index in [1.807, 2.05) is 18.2 Å². The average molecular weight is 500 g/mol. The second-order valence-electron chi connectivity index (χ2n) is 10.0. The van der Waals surface area contributed by atoms with E-state index >= 15 is 0 Å². The second-order valence-corrected chi connectivity index (χ2v) is 10.0. The van der Waals surface area contributed by atoms with Crippen LogP contribution in [0.4, 0.5) is 5.69 Å². The van der Waals surface area contributed by atoms with Crippen molar-refractivity contribution in [2.75, 3.05) is 26.6 Å². The van der Waals surface area contributed by atoms with Crippen LogP contribution in [0.25, 0.3) is 0 Å². The quantitative estimate of drug-likeness (QED) is 0.307.